The van der Waals surface area contributed by atoms with E-state index in [9.17, 15) is 4.79 Å². The first kappa shape index (κ1) is 9.59. The second-order valence-electron chi connectivity index (χ2n) is 3.37. The molecular weight excluding hydrogens is 186 g/mol. The van der Waals surface area contributed by atoms with E-state index >= 15 is 0 Å². The van der Waals surface area contributed by atoms with Crippen molar-refractivity contribution >= 4 is 22.8 Å². The third-order valence-corrected chi connectivity index (χ3v) is 2.11. The molecule has 0 fully saturated rings. The maximum atomic E-state index is 10.8. The van der Waals surface area contributed by atoms with Crippen molar-refractivity contribution in [2.75, 3.05) is 0 Å². The molecule has 0 N–H and O–H groups in total. The zero-order valence-corrected chi connectivity index (χ0v) is 8.47. The van der Waals surface area contributed by atoms with Crippen LogP contribution in [0.15, 0.2) is 42.5 Å². The molecule has 0 amide bonds. The molecule has 0 spiro atoms. The van der Waals surface area contributed by atoms with Gasteiger partial charge < -0.3 is 0 Å². The van der Waals surface area contributed by atoms with Crippen LogP contribution in [0.4, 0.5) is 0 Å². The number of hydrogen-bond donors (Lipinski definition) is 0. The SMILES string of the molecule is CC(=O)C=Cc1ccc2ccccc2n1. The number of aromatic nitrogens is 1. The topological polar surface area (TPSA) is 30.0 Å². The minimum Gasteiger partial charge on any atom is -0.295 e. The molecule has 15 heavy (non-hydrogen) atoms. The molecule has 2 aromatic rings. The van der Waals surface area contributed by atoms with E-state index < -0.39 is 0 Å². The number of pyridine rings is 1. The molecule has 0 aliphatic carbocycles. The number of para-hydroxylation sites is 1. The van der Waals surface area contributed by atoms with Crippen molar-refractivity contribution in [2.45, 2.75) is 6.92 Å². The normalized spacial score (nSPS) is 11.0. The van der Waals surface area contributed by atoms with Crippen LogP contribution < -0.4 is 0 Å². The Hall–Kier alpha value is -1.96. The maximum absolute atomic E-state index is 10.8. The molecule has 74 valence electrons. The van der Waals surface area contributed by atoms with Gasteiger partial charge in [-0.3, -0.25) is 4.79 Å². The van der Waals surface area contributed by atoms with Crippen LogP contribution in [0.1, 0.15) is 12.6 Å². The van der Waals surface area contributed by atoms with Crippen LogP contribution in [-0.2, 0) is 4.79 Å². The van der Waals surface area contributed by atoms with Gasteiger partial charge in [0.1, 0.15) is 0 Å². The lowest BCUT2D eigenvalue weighted by Gasteiger charge is -1.97. The third-order valence-electron chi connectivity index (χ3n) is 2.11. The molecule has 0 aliphatic heterocycles. The van der Waals surface area contributed by atoms with E-state index in [0.29, 0.717) is 0 Å². The summed E-state index contributed by atoms with van der Waals surface area (Å²) in [5.74, 6) is 0.0324. The molecular formula is C13H11NO. The van der Waals surface area contributed by atoms with Gasteiger partial charge in [0.05, 0.1) is 11.2 Å². The van der Waals surface area contributed by atoms with E-state index in [-0.39, 0.29) is 5.78 Å². The minimum absolute atomic E-state index is 0.0324. The van der Waals surface area contributed by atoms with Gasteiger partial charge in [0.2, 0.25) is 0 Å². The predicted molar refractivity (Wildman–Crippen MR) is 61.5 cm³/mol. The van der Waals surface area contributed by atoms with Crippen molar-refractivity contribution in [2.24, 2.45) is 0 Å². The Morgan fingerprint density at radius 2 is 2.00 bits per heavy atom. The van der Waals surface area contributed by atoms with Gasteiger partial charge in [0, 0.05) is 5.39 Å². The number of rotatable bonds is 2. The molecule has 0 bridgehead atoms. The van der Waals surface area contributed by atoms with Crippen molar-refractivity contribution < 1.29 is 4.79 Å². The summed E-state index contributed by atoms with van der Waals surface area (Å²) in [6.07, 6.45) is 3.26. The highest BCUT2D eigenvalue weighted by atomic mass is 16.1. The zero-order valence-electron chi connectivity index (χ0n) is 8.47. The van der Waals surface area contributed by atoms with E-state index in [4.69, 9.17) is 0 Å². The zero-order chi connectivity index (χ0) is 10.7. The van der Waals surface area contributed by atoms with Crippen LogP contribution >= 0.6 is 0 Å². The summed E-state index contributed by atoms with van der Waals surface area (Å²) in [4.78, 5) is 15.2. The predicted octanol–water partition coefficient (Wildman–Crippen LogP) is 2.84. The van der Waals surface area contributed by atoms with Gasteiger partial charge in [-0.1, -0.05) is 24.3 Å². The molecule has 0 aliphatic rings. The van der Waals surface area contributed by atoms with Crippen LogP contribution in [0, 0.1) is 0 Å². The number of ketones is 1. The van der Waals surface area contributed by atoms with Crippen molar-refractivity contribution in [1.82, 2.24) is 4.98 Å². The van der Waals surface area contributed by atoms with Crippen LogP contribution in [0.5, 0.6) is 0 Å². The van der Waals surface area contributed by atoms with Gasteiger partial charge in [-0.05, 0) is 31.2 Å². The first-order chi connectivity index (χ1) is 7.25. The standard InChI is InChI=1S/C13H11NO/c1-10(15)6-8-12-9-7-11-4-2-3-5-13(11)14-12/h2-9H,1H3. The minimum atomic E-state index is 0.0324. The van der Waals surface area contributed by atoms with Gasteiger partial charge in [-0.2, -0.15) is 0 Å². The second-order valence-corrected chi connectivity index (χ2v) is 3.37. The number of nitrogens with zero attached hydrogens (tertiary/aromatic N) is 1. The number of carbonyl (C=O) groups excluding carboxylic acids is 1. The summed E-state index contributed by atoms with van der Waals surface area (Å²) in [5.41, 5.74) is 1.76. The lowest BCUT2D eigenvalue weighted by atomic mass is 10.2. The largest absolute Gasteiger partial charge is 0.295 e. The Bertz CT molecular complexity index is 529. The molecule has 0 atom stereocenters. The Kier molecular flexibility index (Phi) is 2.59. The summed E-state index contributed by atoms with van der Waals surface area (Å²) in [7, 11) is 0. The van der Waals surface area contributed by atoms with Crippen molar-refractivity contribution in [1.29, 1.82) is 0 Å². The number of carbonyl (C=O) groups is 1. The molecule has 0 saturated carbocycles. The Morgan fingerprint density at radius 3 is 2.80 bits per heavy atom. The van der Waals surface area contributed by atoms with Crippen molar-refractivity contribution in [3.8, 4) is 0 Å². The van der Waals surface area contributed by atoms with Crippen LogP contribution in [-0.4, -0.2) is 10.8 Å². The fourth-order valence-corrected chi connectivity index (χ4v) is 1.38. The Labute approximate surface area is 88.3 Å². The van der Waals surface area contributed by atoms with E-state index in [0.717, 1.165) is 16.6 Å². The second kappa shape index (κ2) is 4.05. The first-order valence-corrected chi connectivity index (χ1v) is 4.80. The summed E-state index contributed by atoms with van der Waals surface area (Å²) < 4.78 is 0. The van der Waals surface area contributed by atoms with E-state index in [1.807, 2.05) is 36.4 Å². The molecule has 0 saturated heterocycles. The number of benzene rings is 1. The van der Waals surface area contributed by atoms with E-state index in [1.165, 1.54) is 13.0 Å². The van der Waals surface area contributed by atoms with E-state index in [1.54, 1.807) is 6.08 Å². The monoisotopic (exact) mass is 197 g/mol. The molecule has 2 heteroatoms. The third kappa shape index (κ3) is 2.29. The molecule has 1 heterocycles. The maximum Gasteiger partial charge on any atom is 0.152 e. The quantitative estimate of drug-likeness (QED) is 0.693. The fourth-order valence-electron chi connectivity index (χ4n) is 1.38. The van der Waals surface area contributed by atoms with Crippen LogP contribution in [0.3, 0.4) is 0 Å². The first-order valence-electron chi connectivity index (χ1n) is 4.80. The number of allylic oxidation sites excluding steroid dienone is 1. The van der Waals surface area contributed by atoms with Gasteiger partial charge in [-0.25, -0.2) is 4.98 Å². The lowest BCUT2D eigenvalue weighted by Crippen LogP contribution is -1.84. The van der Waals surface area contributed by atoms with Gasteiger partial charge in [0.15, 0.2) is 5.78 Å². The highest BCUT2D eigenvalue weighted by Crippen LogP contribution is 2.12. The number of fused-ring (bicyclic) bond motifs is 1. The summed E-state index contributed by atoms with van der Waals surface area (Å²) in [6.45, 7) is 1.53. The van der Waals surface area contributed by atoms with Gasteiger partial charge >= 0.3 is 0 Å². The molecule has 2 rings (SSSR count). The van der Waals surface area contributed by atoms with Gasteiger partial charge in [0.25, 0.3) is 0 Å². The summed E-state index contributed by atoms with van der Waals surface area (Å²) >= 11 is 0. The van der Waals surface area contributed by atoms with Crippen molar-refractivity contribution in [3.05, 3.63) is 48.2 Å². The van der Waals surface area contributed by atoms with Crippen LogP contribution in [0.25, 0.3) is 17.0 Å². The number of hydrogen-bond acceptors (Lipinski definition) is 2. The molecule has 0 radical (unpaired) electrons. The summed E-state index contributed by atoms with van der Waals surface area (Å²) in [6, 6.07) is 11.8. The Morgan fingerprint density at radius 1 is 1.20 bits per heavy atom. The highest BCUT2D eigenvalue weighted by molar-refractivity contribution is 5.91. The smallest absolute Gasteiger partial charge is 0.152 e. The molecule has 0 unspecified atom stereocenters. The molecule has 1 aromatic carbocycles. The molecule has 2 nitrogen and oxygen atoms in total. The van der Waals surface area contributed by atoms with Crippen molar-refractivity contribution in [3.63, 3.8) is 0 Å². The van der Waals surface area contributed by atoms with Gasteiger partial charge in [-0.15, -0.1) is 0 Å². The lowest BCUT2D eigenvalue weighted by molar-refractivity contribution is -0.112. The summed E-state index contributed by atoms with van der Waals surface area (Å²) in [5, 5.41) is 1.11. The highest BCUT2D eigenvalue weighted by Gasteiger charge is 1.94. The molecule has 1 aromatic heterocycles. The average Bonchev–Trinajstić information content (AvgIpc) is 2.26. The van der Waals surface area contributed by atoms with Crippen LogP contribution in [0.2, 0.25) is 0 Å². The fraction of sp³-hybridized carbons (Fsp3) is 0.0769. The Balaban J connectivity index is 2.43. The average molecular weight is 197 g/mol. The van der Waals surface area contributed by atoms with E-state index in [2.05, 4.69) is 4.98 Å².